The Morgan fingerprint density at radius 3 is 2.80 bits per heavy atom. The van der Waals surface area contributed by atoms with E-state index in [1.54, 1.807) is 0 Å². The Hall–Kier alpha value is -0.770. The summed E-state index contributed by atoms with van der Waals surface area (Å²) in [5.74, 6) is 0.471. The van der Waals surface area contributed by atoms with Crippen molar-refractivity contribution in [2.24, 2.45) is 11.7 Å². The summed E-state index contributed by atoms with van der Waals surface area (Å²) in [6, 6.07) is 0. The minimum Gasteiger partial charge on any atom is -0.453 e. The van der Waals surface area contributed by atoms with Gasteiger partial charge in [0.2, 0.25) is 0 Å². The van der Waals surface area contributed by atoms with Crippen LogP contribution in [0.1, 0.15) is 32.1 Å². The third-order valence-electron chi connectivity index (χ3n) is 3.74. The van der Waals surface area contributed by atoms with Crippen LogP contribution in [-0.4, -0.2) is 36.7 Å². The van der Waals surface area contributed by atoms with Crippen molar-refractivity contribution in [3.05, 3.63) is 0 Å². The molecule has 15 heavy (non-hydrogen) atoms. The first-order valence-corrected chi connectivity index (χ1v) is 5.77. The Morgan fingerprint density at radius 1 is 1.47 bits per heavy atom. The fourth-order valence-electron chi connectivity index (χ4n) is 2.46. The highest BCUT2D eigenvalue weighted by molar-refractivity contribution is 5.67. The van der Waals surface area contributed by atoms with Crippen molar-refractivity contribution in [2.45, 2.75) is 37.6 Å². The third kappa shape index (κ3) is 2.25. The topological polar surface area (TPSA) is 55.6 Å². The van der Waals surface area contributed by atoms with Gasteiger partial charge in [-0.1, -0.05) is 6.42 Å². The molecular weight excluding hydrogens is 192 g/mol. The van der Waals surface area contributed by atoms with Gasteiger partial charge in [0.15, 0.2) is 0 Å². The average molecular weight is 212 g/mol. The van der Waals surface area contributed by atoms with E-state index in [9.17, 15) is 4.79 Å². The number of ether oxygens (including phenoxy) is 1. The number of hydrogen-bond donors (Lipinski definition) is 1. The molecule has 0 aromatic rings. The van der Waals surface area contributed by atoms with Crippen LogP contribution in [0.15, 0.2) is 0 Å². The lowest BCUT2D eigenvalue weighted by atomic mass is 9.93. The molecule has 2 fully saturated rings. The highest BCUT2D eigenvalue weighted by Gasteiger charge is 2.46. The first-order chi connectivity index (χ1) is 7.15. The van der Waals surface area contributed by atoms with E-state index in [0.29, 0.717) is 5.92 Å². The number of likely N-dealkylation sites (tertiary alicyclic amines) is 1. The fourth-order valence-corrected chi connectivity index (χ4v) is 2.46. The van der Waals surface area contributed by atoms with E-state index in [4.69, 9.17) is 10.5 Å². The second-order valence-corrected chi connectivity index (χ2v) is 4.84. The lowest BCUT2D eigenvalue weighted by Gasteiger charge is -2.27. The molecule has 2 aliphatic rings. The van der Waals surface area contributed by atoms with Crippen LogP contribution < -0.4 is 5.73 Å². The van der Waals surface area contributed by atoms with Crippen LogP contribution in [0.5, 0.6) is 0 Å². The summed E-state index contributed by atoms with van der Waals surface area (Å²) in [5, 5.41) is 0. The minimum absolute atomic E-state index is 0.0244. The first-order valence-electron chi connectivity index (χ1n) is 5.77. The van der Waals surface area contributed by atoms with Crippen molar-refractivity contribution in [1.29, 1.82) is 0 Å². The van der Waals surface area contributed by atoms with Crippen LogP contribution >= 0.6 is 0 Å². The van der Waals surface area contributed by atoms with E-state index >= 15 is 0 Å². The van der Waals surface area contributed by atoms with Crippen LogP contribution in [0.3, 0.4) is 0 Å². The van der Waals surface area contributed by atoms with Crippen molar-refractivity contribution in [3.63, 3.8) is 0 Å². The SMILES string of the molecule is COC(=O)N1CCCCC(C2(N)CC2)C1. The van der Waals surface area contributed by atoms with Gasteiger partial charge in [0.05, 0.1) is 7.11 Å². The maximum absolute atomic E-state index is 11.5. The molecule has 2 rings (SSSR count). The fraction of sp³-hybridized carbons (Fsp3) is 0.909. The number of amides is 1. The molecular formula is C11H20N2O2. The number of nitrogens with two attached hydrogens (primary N) is 1. The number of methoxy groups -OCH3 is 1. The molecule has 1 amide bonds. The van der Waals surface area contributed by atoms with Crippen molar-refractivity contribution < 1.29 is 9.53 Å². The van der Waals surface area contributed by atoms with Gasteiger partial charge < -0.3 is 15.4 Å². The molecule has 0 spiro atoms. The van der Waals surface area contributed by atoms with Crippen molar-refractivity contribution >= 4 is 6.09 Å². The zero-order valence-corrected chi connectivity index (χ0v) is 9.37. The number of rotatable bonds is 1. The Kier molecular flexibility index (Phi) is 2.87. The summed E-state index contributed by atoms with van der Waals surface area (Å²) in [6.07, 6.45) is 5.44. The van der Waals surface area contributed by atoms with Gasteiger partial charge in [0.25, 0.3) is 0 Å². The molecule has 1 aliphatic carbocycles. The zero-order valence-electron chi connectivity index (χ0n) is 9.37. The zero-order chi connectivity index (χ0) is 10.9. The standard InChI is InChI=1S/C11H20N2O2/c1-15-10(14)13-7-3-2-4-9(8-13)11(12)5-6-11/h9H,2-8,12H2,1H3. The lowest BCUT2D eigenvalue weighted by Crippen LogP contribution is -2.42. The highest BCUT2D eigenvalue weighted by atomic mass is 16.5. The molecule has 1 unspecified atom stereocenters. The van der Waals surface area contributed by atoms with Crippen LogP contribution in [-0.2, 0) is 4.74 Å². The summed E-state index contributed by atoms with van der Waals surface area (Å²) in [4.78, 5) is 13.3. The van der Waals surface area contributed by atoms with E-state index in [1.165, 1.54) is 13.5 Å². The molecule has 0 aromatic heterocycles. The smallest absolute Gasteiger partial charge is 0.409 e. The Labute approximate surface area is 90.8 Å². The second kappa shape index (κ2) is 4.00. The molecule has 1 aliphatic heterocycles. The Morgan fingerprint density at radius 2 is 2.20 bits per heavy atom. The molecule has 0 aromatic carbocycles. The third-order valence-corrected chi connectivity index (χ3v) is 3.74. The van der Waals surface area contributed by atoms with Gasteiger partial charge in [-0.05, 0) is 31.6 Å². The normalized spacial score (nSPS) is 29.5. The van der Waals surface area contributed by atoms with Crippen LogP contribution in [0.2, 0.25) is 0 Å². The predicted octanol–water partition coefficient (Wildman–Crippen LogP) is 1.35. The van der Waals surface area contributed by atoms with Gasteiger partial charge in [-0.3, -0.25) is 0 Å². The molecule has 0 bridgehead atoms. The molecule has 2 N–H and O–H groups in total. The van der Waals surface area contributed by atoms with Crippen molar-refractivity contribution in [3.8, 4) is 0 Å². The molecule has 4 heteroatoms. The maximum atomic E-state index is 11.5. The van der Waals surface area contributed by atoms with E-state index < -0.39 is 0 Å². The molecule has 4 nitrogen and oxygen atoms in total. The second-order valence-electron chi connectivity index (χ2n) is 4.84. The summed E-state index contributed by atoms with van der Waals surface area (Å²) < 4.78 is 4.77. The number of carbonyl (C=O) groups is 1. The van der Waals surface area contributed by atoms with Crippen molar-refractivity contribution in [1.82, 2.24) is 4.90 Å². The van der Waals surface area contributed by atoms with Gasteiger partial charge in [0.1, 0.15) is 0 Å². The van der Waals surface area contributed by atoms with Gasteiger partial charge >= 0.3 is 6.09 Å². The Bertz CT molecular complexity index is 251. The van der Waals surface area contributed by atoms with E-state index in [-0.39, 0.29) is 11.6 Å². The summed E-state index contributed by atoms with van der Waals surface area (Å²) in [6.45, 7) is 1.60. The van der Waals surface area contributed by atoms with E-state index in [1.807, 2.05) is 4.90 Å². The van der Waals surface area contributed by atoms with Crippen LogP contribution in [0, 0.1) is 5.92 Å². The van der Waals surface area contributed by atoms with Crippen LogP contribution in [0.25, 0.3) is 0 Å². The van der Waals surface area contributed by atoms with Gasteiger partial charge in [-0.15, -0.1) is 0 Å². The molecule has 1 saturated heterocycles. The Balaban J connectivity index is 1.99. The van der Waals surface area contributed by atoms with Crippen molar-refractivity contribution in [2.75, 3.05) is 20.2 Å². The molecule has 1 atom stereocenters. The first kappa shape index (κ1) is 10.7. The quantitative estimate of drug-likeness (QED) is 0.713. The summed E-state index contributed by atoms with van der Waals surface area (Å²) >= 11 is 0. The number of hydrogen-bond acceptors (Lipinski definition) is 3. The summed E-state index contributed by atoms with van der Waals surface area (Å²) in [5.41, 5.74) is 6.24. The number of carbonyl (C=O) groups excluding carboxylic acids is 1. The summed E-state index contributed by atoms with van der Waals surface area (Å²) in [7, 11) is 1.44. The average Bonchev–Trinajstić information content (AvgIpc) is 3.00. The predicted molar refractivity (Wildman–Crippen MR) is 57.5 cm³/mol. The molecule has 0 radical (unpaired) electrons. The molecule has 1 heterocycles. The maximum Gasteiger partial charge on any atom is 0.409 e. The molecule has 86 valence electrons. The minimum atomic E-state index is -0.203. The van der Waals surface area contributed by atoms with Gasteiger partial charge in [-0.25, -0.2) is 4.79 Å². The monoisotopic (exact) mass is 212 g/mol. The lowest BCUT2D eigenvalue weighted by molar-refractivity contribution is 0.117. The number of nitrogens with zero attached hydrogens (tertiary/aromatic N) is 1. The van der Waals surface area contributed by atoms with Gasteiger partial charge in [0, 0.05) is 18.6 Å². The van der Waals surface area contributed by atoms with E-state index in [0.717, 1.165) is 38.8 Å². The van der Waals surface area contributed by atoms with Gasteiger partial charge in [-0.2, -0.15) is 0 Å². The largest absolute Gasteiger partial charge is 0.453 e. The molecule has 1 saturated carbocycles. The van der Waals surface area contributed by atoms with Crippen LogP contribution in [0.4, 0.5) is 4.79 Å². The highest BCUT2D eigenvalue weighted by Crippen LogP contribution is 2.43. The van der Waals surface area contributed by atoms with E-state index in [2.05, 4.69) is 0 Å².